The van der Waals surface area contributed by atoms with Crippen LogP contribution in [-0.4, -0.2) is 41.5 Å². The van der Waals surface area contributed by atoms with Crippen molar-refractivity contribution in [3.63, 3.8) is 0 Å². The fourth-order valence-corrected chi connectivity index (χ4v) is 2.14. The van der Waals surface area contributed by atoms with Gasteiger partial charge in [-0.3, -0.25) is 0 Å². The zero-order valence-corrected chi connectivity index (χ0v) is 11.0. The van der Waals surface area contributed by atoms with Gasteiger partial charge in [-0.2, -0.15) is 12.6 Å². The second kappa shape index (κ2) is 5.99. The molecule has 0 aliphatic carbocycles. The van der Waals surface area contributed by atoms with E-state index in [0.29, 0.717) is 18.4 Å². The number of nitrogens with zero attached hydrogens (tertiary/aromatic N) is 1. The Morgan fingerprint density at radius 2 is 1.86 bits per heavy atom. The lowest BCUT2D eigenvalue weighted by Gasteiger charge is -2.30. The average molecular weight is 219 g/mol. The second-order valence-electron chi connectivity index (χ2n) is 5.20. The maximum absolute atomic E-state index is 9.65. The predicted octanol–water partition coefficient (Wildman–Crippen LogP) is 1.89. The van der Waals surface area contributed by atoms with E-state index in [1.165, 1.54) is 0 Å². The monoisotopic (exact) mass is 219 g/mol. The van der Waals surface area contributed by atoms with E-state index in [0.717, 1.165) is 12.3 Å². The molecule has 1 N–H and O–H groups in total. The van der Waals surface area contributed by atoms with Crippen LogP contribution < -0.4 is 0 Å². The number of hydrogen-bond donors (Lipinski definition) is 2. The minimum absolute atomic E-state index is 0.602. The lowest BCUT2D eigenvalue weighted by molar-refractivity contribution is 0.0391. The smallest absolute Gasteiger partial charge is 0.0718 e. The van der Waals surface area contributed by atoms with Crippen molar-refractivity contribution >= 4 is 12.6 Å². The van der Waals surface area contributed by atoms with Crippen LogP contribution in [0.3, 0.4) is 0 Å². The van der Waals surface area contributed by atoms with E-state index in [2.05, 4.69) is 38.4 Å². The molecule has 0 rings (SSSR count). The van der Waals surface area contributed by atoms with Gasteiger partial charge in [-0.25, -0.2) is 0 Å². The summed E-state index contributed by atoms with van der Waals surface area (Å²) in [7, 11) is 2.05. The summed E-state index contributed by atoms with van der Waals surface area (Å²) in [5, 5.41) is 9.65. The van der Waals surface area contributed by atoms with Gasteiger partial charge in [-0.1, -0.05) is 13.8 Å². The third-order valence-corrected chi connectivity index (χ3v) is 2.85. The molecule has 0 aliphatic rings. The molecule has 0 saturated carbocycles. The van der Waals surface area contributed by atoms with Crippen LogP contribution in [0.2, 0.25) is 0 Å². The van der Waals surface area contributed by atoms with Crippen molar-refractivity contribution in [2.24, 2.45) is 11.8 Å². The molecule has 3 heteroatoms. The quantitative estimate of drug-likeness (QED) is 0.667. The highest BCUT2D eigenvalue weighted by Crippen LogP contribution is 2.14. The van der Waals surface area contributed by atoms with Gasteiger partial charge < -0.3 is 10.0 Å². The summed E-state index contributed by atoms with van der Waals surface area (Å²) in [5.74, 6) is 2.16. The molecule has 0 aromatic rings. The van der Waals surface area contributed by atoms with Gasteiger partial charge in [-0.15, -0.1) is 0 Å². The molecule has 0 aliphatic heterocycles. The van der Waals surface area contributed by atoms with E-state index in [9.17, 15) is 5.11 Å². The molecule has 0 bridgehead atoms. The summed E-state index contributed by atoms with van der Waals surface area (Å²) in [6.07, 6.45) is 0. The first-order valence-corrected chi connectivity index (χ1v) is 5.91. The Bertz CT molecular complexity index is 154. The second-order valence-corrected chi connectivity index (χ2v) is 5.56. The number of rotatable bonds is 6. The molecule has 1 atom stereocenters. The molecular formula is C11H25NOS. The van der Waals surface area contributed by atoms with Gasteiger partial charge in [0.15, 0.2) is 0 Å². The zero-order chi connectivity index (χ0) is 11.4. The molecule has 0 aromatic carbocycles. The Kier molecular flexibility index (Phi) is 6.10. The molecule has 0 amide bonds. The van der Waals surface area contributed by atoms with Gasteiger partial charge in [0.25, 0.3) is 0 Å². The van der Waals surface area contributed by atoms with Crippen molar-refractivity contribution in [1.82, 2.24) is 4.90 Å². The minimum atomic E-state index is -0.604. The van der Waals surface area contributed by atoms with Gasteiger partial charge in [0.2, 0.25) is 0 Å². The summed E-state index contributed by atoms with van der Waals surface area (Å²) in [5.41, 5.74) is -0.604. The van der Waals surface area contributed by atoms with E-state index < -0.39 is 5.60 Å². The highest BCUT2D eigenvalue weighted by molar-refractivity contribution is 7.80. The van der Waals surface area contributed by atoms with Crippen LogP contribution in [0.15, 0.2) is 0 Å². The Morgan fingerprint density at radius 3 is 2.14 bits per heavy atom. The highest BCUT2D eigenvalue weighted by Gasteiger charge is 2.19. The Balaban J connectivity index is 3.97. The Labute approximate surface area is 94.1 Å². The molecular weight excluding hydrogens is 194 g/mol. The summed E-state index contributed by atoms with van der Waals surface area (Å²) >= 11 is 4.35. The van der Waals surface area contributed by atoms with Crippen LogP contribution in [0, 0.1) is 11.8 Å². The van der Waals surface area contributed by atoms with E-state index >= 15 is 0 Å². The van der Waals surface area contributed by atoms with Gasteiger partial charge in [0.05, 0.1) is 5.60 Å². The molecule has 2 nitrogen and oxygen atoms in total. The number of thiol groups is 1. The summed E-state index contributed by atoms with van der Waals surface area (Å²) in [4.78, 5) is 2.18. The predicted molar refractivity (Wildman–Crippen MR) is 66.0 cm³/mol. The van der Waals surface area contributed by atoms with Gasteiger partial charge in [0.1, 0.15) is 0 Å². The van der Waals surface area contributed by atoms with Crippen LogP contribution in [0.5, 0.6) is 0 Å². The standard InChI is InChI=1S/C11H25NOS/c1-9(2)10(7-14)6-12(5)8-11(3,4)13/h9-10,13-14H,6-8H2,1-5H3. The van der Waals surface area contributed by atoms with Crippen LogP contribution >= 0.6 is 12.6 Å². The Hall–Kier alpha value is 0.270. The molecule has 0 fully saturated rings. The zero-order valence-electron chi connectivity index (χ0n) is 10.1. The first kappa shape index (κ1) is 14.3. The minimum Gasteiger partial charge on any atom is -0.389 e. The van der Waals surface area contributed by atoms with E-state index in [1.54, 1.807) is 0 Å². The first-order chi connectivity index (χ1) is 6.26. The molecule has 0 heterocycles. The maximum Gasteiger partial charge on any atom is 0.0718 e. The lowest BCUT2D eigenvalue weighted by atomic mass is 9.97. The van der Waals surface area contributed by atoms with Crippen LogP contribution in [0.25, 0.3) is 0 Å². The number of aliphatic hydroxyl groups is 1. The molecule has 0 radical (unpaired) electrons. The van der Waals surface area contributed by atoms with E-state index in [1.807, 2.05) is 13.8 Å². The first-order valence-electron chi connectivity index (χ1n) is 5.28. The summed E-state index contributed by atoms with van der Waals surface area (Å²) in [6, 6.07) is 0. The molecule has 0 spiro atoms. The molecule has 1 unspecified atom stereocenters. The molecule has 0 aromatic heterocycles. The van der Waals surface area contributed by atoms with Crippen LogP contribution in [-0.2, 0) is 0 Å². The van der Waals surface area contributed by atoms with Crippen molar-refractivity contribution in [2.75, 3.05) is 25.9 Å². The summed E-state index contributed by atoms with van der Waals surface area (Å²) in [6.45, 7) is 9.84. The third kappa shape index (κ3) is 6.68. The molecule has 86 valence electrons. The lowest BCUT2D eigenvalue weighted by Crippen LogP contribution is -2.39. The fourth-order valence-electron chi connectivity index (χ4n) is 1.60. The Morgan fingerprint density at radius 1 is 1.36 bits per heavy atom. The van der Waals surface area contributed by atoms with Crippen molar-refractivity contribution in [3.05, 3.63) is 0 Å². The van der Waals surface area contributed by atoms with Crippen LogP contribution in [0.1, 0.15) is 27.7 Å². The van der Waals surface area contributed by atoms with Gasteiger partial charge in [0, 0.05) is 13.1 Å². The van der Waals surface area contributed by atoms with Crippen molar-refractivity contribution < 1.29 is 5.11 Å². The number of hydrogen-bond acceptors (Lipinski definition) is 3. The van der Waals surface area contributed by atoms with Crippen molar-refractivity contribution in [2.45, 2.75) is 33.3 Å². The topological polar surface area (TPSA) is 23.5 Å². The normalized spacial score (nSPS) is 15.2. The largest absolute Gasteiger partial charge is 0.389 e. The van der Waals surface area contributed by atoms with E-state index in [4.69, 9.17) is 0 Å². The maximum atomic E-state index is 9.65. The van der Waals surface area contributed by atoms with Crippen molar-refractivity contribution in [1.29, 1.82) is 0 Å². The number of likely N-dealkylation sites (N-methyl/N-ethyl adjacent to an activating group) is 1. The van der Waals surface area contributed by atoms with Gasteiger partial charge in [-0.05, 0) is 38.5 Å². The average Bonchev–Trinajstić information content (AvgIpc) is 1.96. The van der Waals surface area contributed by atoms with Crippen molar-refractivity contribution in [3.8, 4) is 0 Å². The summed E-state index contributed by atoms with van der Waals surface area (Å²) < 4.78 is 0. The van der Waals surface area contributed by atoms with Gasteiger partial charge >= 0.3 is 0 Å². The molecule has 14 heavy (non-hydrogen) atoms. The fraction of sp³-hybridized carbons (Fsp3) is 1.00. The SMILES string of the molecule is CC(C)C(CS)CN(C)CC(C)(C)O. The van der Waals surface area contributed by atoms with Crippen LogP contribution in [0.4, 0.5) is 0 Å². The third-order valence-electron chi connectivity index (χ3n) is 2.38. The highest BCUT2D eigenvalue weighted by atomic mass is 32.1. The van der Waals surface area contributed by atoms with E-state index in [-0.39, 0.29) is 0 Å². The molecule has 0 saturated heterocycles.